The third kappa shape index (κ3) is 45.2. The SMILES string of the molecule is NC(=O)CNCC(N)=O.O=S(=O)(O)O. The molecule has 14 heavy (non-hydrogen) atoms. The van der Waals surface area contributed by atoms with Crippen molar-refractivity contribution in [2.75, 3.05) is 13.1 Å². The van der Waals surface area contributed by atoms with Crippen LogP contribution in [0, 0.1) is 0 Å². The minimum atomic E-state index is -4.67. The Kier molecular flexibility index (Phi) is 7.84. The van der Waals surface area contributed by atoms with Gasteiger partial charge in [0.25, 0.3) is 0 Å². The molecule has 0 aliphatic carbocycles. The number of hydrogen-bond acceptors (Lipinski definition) is 5. The maximum atomic E-state index is 9.99. The fraction of sp³-hybridized carbons (Fsp3) is 0.500. The predicted octanol–water partition coefficient (Wildman–Crippen LogP) is -3.11. The summed E-state index contributed by atoms with van der Waals surface area (Å²) < 4.78 is 31.6. The van der Waals surface area contributed by atoms with E-state index in [4.69, 9.17) is 29.0 Å². The second-order valence-corrected chi connectivity index (χ2v) is 2.88. The average Bonchev–Trinajstić information content (AvgIpc) is 1.80. The van der Waals surface area contributed by atoms with Crippen molar-refractivity contribution in [2.45, 2.75) is 0 Å². The second kappa shape index (κ2) is 7.20. The Balaban J connectivity index is 0. The quantitative estimate of drug-likeness (QED) is 0.317. The van der Waals surface area contributed by atoms with Crippen LogP contribution in [0.2, 0.25) is 0 Å². The second-order valence-electron chi connectivity index (χ2n) is 1.98. The largest absolute Gasteiger partial charge is 0.394 e. The van der Waals surface area contributed by atoms with Gasteiger partial charge in [-0.3, -0.25) is 24.0 Å². The number of amides is 2. The third-order valence-electron chi connectivity index (χ3n) is 0.598. The summed E-state index contributed by atoms with van der Waals surface area (Å²) in [5, 5.41) is 2.44. The lowest BCUT2D eigenvalue weighted by Gasteiger charge is -1.94. The van der Waals surface area contributed by atoms with Gasteiger partial charge >= 0.3 is 10.4 Å². The first-order chi connectivity index (χ1) is 6.13. The van der Waals surface area contributed by atoms with E-state index in [1.54, 1.807) is 0 Å². The Morgan fingerprint density at radius 1 is 1.07 bits per heavy atom. The molecule has 0 aromatic heterocycles. The summed E-state index contributed by atoms with van der Waals surface area (Å²) in [6, 6.07) is 0. The van der Waals surface area contributed by atoms with Crippen molar-refractivity contribution in [3.8, 4) is 0 Å². The van der Waals surface area contributed by atoms with Gasteiger partial charge in [-0.1, -0.05) is 0 Å². The molecule has 0 atom stereocenters. The molecule has 0 saturated heterocycles. The maximum Gasteiger partial charge on any atom is 0.394 e. The van der Waals surface area contributed by atoms with Crippen LogP contribution in [0.25, 0.3) is 0 Å². The fourth-order valence-corrected chi connectivity index (χ4v) is 0.309. The normalized spacial score (nSPS) is 9.86. The van der Waals surface area contributed by atoms with Crippen LogP contribution in [0.5, 0.6) is 0 Å². The summed E-state index contributed by atoms with van der Waals surface area (Å²) >= 11 is 0. The zero-order chi connectivity index (χ0) is 11.8. The minimum Gasteiger partial charge on any atom is -0.369 e. The van der Waals surface area contributed by atoms with Crippen molar-refractivity contribution >= 4 is 22.2 Å². The first-order valence-electron chi connectivity index (χ1n) is 3.10. The lowest BCUT2D eigenvalue weighted by Crippen LogP contribution is -2.35. The third-order valence-corrected chi connectivity index (χ3v) is 0.598. The highest BCUT2D eigenvalue weighted by Gasteiger charge is 1.94. The summed E-state index contributed by atoms with van der Waals surface area (Å²) in [7, 11) is -4.67. The average molecular weight is 229 g/mol. The molecule has 10 heteroatoms. The van der Waals surface area contributed by atoms with Gasteiger partial charge in [-0.15, -0.1) is 0 Å². The summed E-state index contributed by atoms with van der Waals surface area (Å²) in [4.78, 5) is 20.0. The van der Waals surface area contributed by atoms with E-state index >= 15 is 0 Å². The van der Waals surface area contributed by atoms with Crippen LogP contribution in [0.4, 0.5) is 0 Å². The number of nitrogens with two attached hydrogens (primary N) is 2. The molecular weight excluding hydrogens is 218 g/mol. The highest BCUT2D eigenvalue weighted by molar-refractivity contribution is 7.79. The molecule has 7 N–H and O–H groups in total. The molecule has 0 spiro atoms. The van der Waals surface area contributed by atoms with Crippen LogP contribution in [0.3, 0.4) is 0 Å². The molecule has 0 rings (SSSR count). The van der Waals surface area contributed by atoms with Crippen molar-refractivity contribution in [2.24, 2.45) is 11.5 Å². The van der Waals surface area contributed by atoms with Gasteiger partial charge in [-0.25, -0.2) is 0 Å². The molecular formula is C4H11N3O6S. The van der Waals surface area contributed by atoms with Crippen molar-refractivity contribution in [1.82, 2.24) is 5.32 Å². The highest BCUT2D eigenvalue weighted by atomic mass is 32.3. The highest BCUT2D eigenvalue weighted by Crippen LogP contribution is 1.59. The molecule has 0 bridgehead atoms. The van der Waals surface area contributed by atoms with E-state index in [0.717, 1.165) is 0 Å². The lowest BCUT2D eigenvalue weighted by atomic mass is 10.5. The van der Waals surface area contributed by atoms with Gasteiger partial charge in [-0.05, 0) is 0 Å². The van der Waals surface area contributed by atoms with E-state index in [1.807, 2.05) is 0 Å². The number of nitrogens with one attached hydrogen (secondary N) is 1. The van der Waals surface area contributed by atoms with E-state index < -0.39 is 22.2 Å². The Hall–Kier alpha value is -1.23. The van der Waals surface area contributed by atoms with Crippen molar-refractivity contribution < 1.29 is 27.1 Å². The monoisotopic (exact) mass is 229 g/mol. The zero-order valence-corrected chi connectivity index (χ0v) is 7.82. The Morgan fingerprint density at radius 3 is 1.43 bits per heavy atom. The van der Waals surface area contributed by atoms with Crippen LogP contribution >= 0.6 is 0 Å². The first-order valence-corrected chi connectivity index (χ1v) is 4.50. The molecule has 0 aliphatic heterocycles. The van der Waals surface area contributed by atoms with Crippen molar-refractivity contribution in [1.29, 1.82) is 0 Å². The van der Waals surface area contributed by atoms with Crippen LogP contribution in [-0.2, 0) is 20.0 Å². The number of carbonyl (C=O) groups excluding carboxylic acids is 2. The van der Waals surface area contributed by atoms with Crippen molar-refractivity contribution in [3.05, 3.63) is 0 Å². The Labute approximate surface area is 80.0 Å². The van der Waals surface area contributed by atoms with Gasteiger partial charge in [0.2, 0.25) is 11.8 Å². The molecule has 2 amide bonds. The van der Waals surface area contributed by atoms with E-state index in [0.29, 0.717) is 0 Å². The molecule has 0 heterocycles. The van der Waals surface area contributed by atoms with Crippen LogP contribution in [0.15, 0.2) is 0 Å². The topological polar surface area (TPSA) is 173 Å². The molecule has 9 nitrogen and oxygen atoms in total. The minimum absolute atomic E-state index is 0.0110. The van der Waals surface area contributed by atoms with Gasteiger partial charge in [0.1, 0.15) is 0 Å². The maximum absolute atomic E-state index is 9.99. The van der Waals surface area contributed by atoms with Crippen LogP contribution in [0.1, 0.15) is 0 Å². The molecule has 0 aliphatic rings. The van der Waals surface area contributed by atoms with Crippen molar-refractivity contribution in [3.63, 3.8) is 0 Å². The standard InChI is InChI=1S/C4H9N3O2.H2O4S/c5-3(8)1-7-2-4(6)9;1-5(2,3)4/h7H,1-2H2,(H2,5,8)(H2,6,9);(H2,1,2,3,4). The molecule has 0 unspecified atom stereocenters. The Morgan fingerprint density at radius 2 is 1.29 bits per heavy atom. The van der Waals surface area contributed by atoms with E-state index in [2.05, 4.69) is 5.32 Å². The summed E-state index contributed by atoms with van der Waals surface area (Å²) in [6.45, 7) is -0.0219. The lowest BCUT2D eigenvalue weighted by molar-refractivity contribution is -0.118. The van der Waals surface area contributed by atoms with Gasteiger partial charge < -0.3 is 11.5 Å². The number of primary amides is 2. The summed E-state index contributed by atoms with van der Waals surface area (Å²) in [5.41, 5.74) is 9.45. The van der Waals surface area contributed by atoms with E-state index in [-0.39, 0.29) is 13.1 Å². The van der Waals surface area contributed by atoms with E-state index in [1.165, 1.54) is 0 Å². The smallest absolute Gasteiger partial charge is 0.369 e. The predicted molar refractivity (Wildman–Crippen MR) is 45.4 cm³/mol. The number of rotatable bonds is 4. The van der Waals surface area contributed by atoms with Gasteiger partial charge in [-0.2, -0.15) is 8.42 Å². The summed E-state index contributed by atoms with van der Waals surface area (Å²) in [5.74, 6) is -1.01. The first kappa shape index (κ1) is 15.3. The zero-order valence-electron chi connectivity index (χ0n) is 7.00. The van der Waals surface area contributed by atoms with Crippen LogP contribution < -0.4 is 16.8 Å². The van der Waals surface area contributed by atoms with Gasteiger partial charge in [0, 0.05) is 0 Å². The molecule has 84 valence electrons. The number of carbonyl (C=O) groups is 2. The van der Waals surface area contributed by atoms with Gasteiger partial charge in [0.05, 0.1) is 13.1 Å². The molecule has 0 aromatic rings. The molecule has 0 fully saturated rings. The summed E-state index contributed by atoms with van der Waals surface area (Å²) in [6.07, 6.45) is 0. The molecule has 0 aromatic carbocycles. The Bertz CT molecular complexity index is 263. The van der Waals surface area contributed by atoms with E-state index in [9.17, 15) is 9.59 Å². The number of hydrogen-bond donors (Lipinski definition) is 5. The van der Waals surface area contributed by atoms with Crippen LogP contribution in [-0.4, -0.2) is 42.4 Å². The van der Waals surface area contributed by atoms with Gasteiger partial charge in [0.15, 0.2) is 0 Å². The molecule has 0 radical (unpaired) electrons. The molecule has 0 saturated carbocycles. The fourth-order valence-electron chi connectivity index (χ4n) is 0.309.